The third-order valence-corrected chi connectivity index (χ3v) is 7.08. The number of carbonyl (C=O) groups excluding carboxylic acids is 1. The summed E-state index contributed by atoms with van der Waals surface area (Å²) in [5, 5.41) is 2.17. The SMILES string of the molecule is O=C1/C(=C/c2cn(Cc3ccc(Cl)c(Cl)c3)c3ccccc23)c2ccccc2N1c1ccccc1. The molecule has 0 radical (unpaired) electrons. The molecule has 0 atom stereocenters. The number of carbonyl (C=O) groups is 1. The van der Waals surface area contributed by atoms with E-state index in [2.05, 4.69) is 22.9 Å². The minimum absolute atomic E-state index is 0.0290. The number of benzene rings is 4. The van der Waals surface area contributed by atoms with Crippen molar-refractivity contribution in [2.45, 2.75) is 6.54 Å². The molecule has 1 amide bonds. The molecular formula is C30H20Cl2N2O. The van der Waals surface area contributed by atoms with Gasteiger partial charge >= 0.3 is 0 Å². The number of amides is 1. The number of para-hydroxylation sites is 3. The van der Waals surface area contributed by atoms with Crippen LogP contribution in [-0.4, -0.2) is 10.5 Å². The molecule has 35 heavy (non-hydrogen) atoms. The Morgan fingerprint density at radius 3 is 2.34 bits per heavy atom. The van der Waals surface area contributed by atoms with Crippen LogP contribution in [0.3, 0.4) is 0 Å². The highest BCUT2D eigenvalue weighted by Crippen LogP contribution is 2.42. The van der Waals surface area contributed by atoms with Crippen LogP contribution >= 0.6 is 23.2 Å². The average molecular weight is 495 g/mol. The molecule has 4 aromatic carbocycles. The number of fused-ring (bicyclic) bond motifs is 2. The van der Waals surface area contributed by atoms with Crippen molar-refractivity contribution in [1.82, 2.24) is 4.57 Å². The highest BCUT2D eigenvalue weighted by atomic mass is 35.5. The number of halogens is 2. The number of hydrogen-bond acceptors (Lipinski definition) is 1. The fourth-order valence-electron chi connectivity index (χ4n) is 4.73. The standard InChI is InChI=1S/C30H20Cl2N2O/c31-26-15-14-20(16-27(26)32)18-33-19-21(23-10-4-6-12-28(23)33)17-25-24-11-5-7-13-29(24)34(30(25)35)22-8-2-1-3-9-22/h1-17,19H,18H2/b25-17+. The Labute approximate surface area is 213 Å². The zero-order valence-electron chi connectivity index (χ0n) is 18.7. The Morgan fingerprint density at radius 2 is 1.51 bits per heavy atom. The first kappa shape index (κ1) is 21.7. The summed E-state index contributed by atoms with van der Waals surface area (Å²) >= 11 is 12.4. The Balaban J connectivity index is 1.46. The molecule has 0 saturated heterocycles. The van der Waals surface area contributed by atoms with Crippen molar-refractivity contribution in [3.05, 3.63) is 130 Å². The van der Waals surface area contributed by atoms with Gasteiger partial charge in [0.15, 0.2) is 0 Å². The maximum Gasteiger partial charge on any atom is 0.263 e. The molecule has 5 aromatic rings. The summed E-state index contributed by atoms with van der Waals surface area (Å²) in [6, 6.07) is 31.6. The van der Waals surface area contributed by atoms with E-state index in [-0.39, 0.29) is 5.91 Å². The minimum Gasteiger partial charge on any atom is -0.342 e. The van der Waals surface area contributed by atoms with Gasteiger partial charge in [0.05, 0.1) is 21.3 Å². The number of anilines is 2. The van der Waals surface area contributed by atoms with E-state index in [0.717, 1.165) is 39.0 Å². The van der Waals surface area contributed by atoms with Crippen molar-refractivity contribution in [2.75, 3.05) is 4.90 Å². The highest BCUT2D eigenvalue weighted by Gasteiger charge is 2.33. The van der Waals surface area contributed by atoms with Crippen molar-refractivity contribution >= 4 is 63.0 Å². The van der Waals surface area contributed by atoms with Crippen molar-refractivity contribution in [1.29, 1.82) is 0 Å². The molecule has 2 heterocycles. The molecule has 1 aliphatic rings. The van der Waals surface area contributed by atoms with E-state index in [0.29, 0.717) is 22.2 Å². The molecule has 0 bridgehead atoms. The Bertz CT molecular complexity index is 1620. The molecule has 5 heteroatoms. The third kappa shape index (κ3) is 3.83. The first-order chi connectivity index (χ1) is 17.1. The van der Waals surface area contributed by atoms with Crippen molar-refractivity contribution < 1.29 is 4.79 Å². The second kappa shape index (κ2) is 8.77. The monoisotopic (exact) mass is 494 g/mol. The zero-order chi connectivity index (χ0) is 23.9. The molecule has 0 fully saturated rings. The highest BCUT2D eigenvalue weighted by molar-refractivity contribution is 6.42. The van der Waals surface area contributed by atoms with E-state index in [1.807, 2.05) is 91.0 Å². The van der Waals surface area contributed by atoms with Gasteiger partial charge in [-0.3, -0.25) is 9.69 Å². The van der Waals surface area contributed by atoms with Crippen LogP contribution in [0.1, 0.15) is 16.7 Å². The quantitative estimate of drug-likeness (QED) is 0.231. The van der Waals surface area contributed by atoms with E-state index >= 15 is 0 Å². The topological polar surface area (TPSA) is 25.2 Å². The Kier molecular flexibility index (Phi) is 5.44. The molecule has 170 valence electrons. The van der Waals surface area contributed by atoms with Crippen molar-refractivity contribution in [3.63, 3.8) is 0 Å². The van der Waals surface area contributed by atoms with E-state index in [1.165, 1.54) is 0 Å². The summed E-state index contributed by atoms with van der Waals surface area (Å²) in [5.74, 6) is -0.0290. The Morgan fingerprint density at radius 1 is 0.771 bits per heavy atom. The molecular weight excluding hydrogens is 475 g/mol. The predicted molar refractivity (Wildman–Crippen MR) is 145 cm³/mol. The van der Waals surface area contributed by atoms with Crippen LogP contribution in [0.4, 0.5) is 11.4 Å². The maximum absolute atomic E-state index is 13.7. The van der Waals surface area contributed by atoms with Gasteiger partial charge in [-0.25, -0.2) is 0 Å². The molecule has 0 spiro atoms. The molecule has 1 aromatic heterocycles. The summed E-state index contributed by atoms with van der Waals surface area (Å²) < 4.78 is 2.18. The normalized spacial score (nSPS) is 14.2. The lowest BCUT2D eigenvalue weighted by molar-refractivity contribution is -0.112. The van der Waals surface area contributed by atoms with Gasteiger partial charge in [0, 0.05) is 40.5 Å². The molecule has 0 saturated carbocycles. The molecule has 0 unspecified atom stereocenters. The van der Waals surface area contributed by atoms with Gasteiger partial charge in [0.2, 0.25) is 0 Å². The lowest BCUT2D eigenvalue weighted by atomic mass is 10.0. The minimum atomic E-state index is -0.0290. The lowest BCUT2D eigenvalue weighted by Crippen LogP contribution is -2.20. The van der Waals surface area contributed by atoms with Crippen molar-refractivity contribution in [2.24, 2.45) is 0 Å². The van der Waals surface area contributed by atoms with Crippen LogP contribution in [0.15, 0.2) is 103 Å². The predicted octanol–water partition coefficient (Wildman–Crippen LogP) is 8.22. The van der Waals surface area contributed by atoms with E-state index < -0.39 is 0 Å². The average Bonchev–Trinajstić information content (AvgIpc) is 3.37. The van der Waals surface area contributed by atoms with E-state index in [1.54, 1.807) is 4.90 Å². The molecule has 3 nitrogen and oxygen atoms in total. The van der Waals surface area contributed by atoms with Gasteiger partial charge in [-0.15, -0.1) is 0 Å². The smallest absolute Gasteiger partial charge is 0.263 e. The summed E-state index contributed by atoms with van der Waals surface area (Å²) in [6.07, 6.45) is 4.11. The first-order valence-electron chi connectivity index (χ1n) is 11.3. The lowest BCUT2D eigenvalue weighted by Gasteiger charge is -2.16. The van der Waals surface area contributed by atoms with Crippen LogP contribution < -0.4 is 4.90 Å². The molecule has 6 rings (SSSR count). The fraction of sp³-hybridized carbons (Fsp3) is 0.0333. The van der Waals surface area contributed by atoms with Crippen LogP contribution in [0, 0.1) is 0 Å². The maximum atomic E-state index is 13.7. The Hall–Kier alpha value is -3.79. The third-order valence-electron chi connectivity index (χ3n) is 6.34. The largest absolute Gasteiger partial charge is 0.342 e. The molecule has 0 N–H and O–H groups in total. The summed E-state index contributed by atoms with van der Waals surface area (Å²) in [4.78, 5) is 15.5. The van der Waals surface area contributed by atoms with Gasteiger partial charge < -0.3 is 4.57 Å². The summed E-state index contributed by atoms with van der Waals surface area (Å²) in [5.41, 5.74) is 6.50. The zero-order valence-corrected chi connectivity index (χ0v) is 20.2. The number of hydrogen-bond donors (Lipinski definition) is 0. The second-order valence-electron chi connectivity index (χ2n) is 8.53. The van der Waals surface area contributed by atoms with Crippen LogP contribution in [0.2, 0.25) is 10.0 Å². The van der Waals surface area contributed by atoms with Crippen molar-refractivity contribution in [3.8, 4) is 0 Å². The van der Waals surface area contributed by atoms with Gasteiger partial charge in [0.25, 0.3) is 5.91 Å². The van der Waals surface area contributed by atoms with Crippen LogP contribution in [-0.2, 0) is 11.3 Å². The number of nitrogens with zero attached hydrogens (tertiary/aromatic N) is 2. The van der Waals surface area contributed by atoms with Crippen LogP contribution in [0.25, 0.3) is 22.6 Å². The van der Waals surface area contributed by atoms with Gasteiger partial charge in [0.1, 0.15) is 0 Å². The fourth-order valence-corrected chi connectivity index (χ4v) is 5.05. The summed E-state index contributed by atoms with van der Waals surface area (Å²) in [7, 11) is 0. The first-order valence-corrected chi connectivity index (χ1v) is 12.1. The van der Waals surface area contributed by atoms with Gasteiger partial charge in [-0.2, -0.15) is 0 Å². The summed E-state index contributed by atoms with van der Waals surface area (Å²) in [6.45, 7) is 0.640. The van der Waals surface area contributed by atoms with E-state index in [4.69, 9.17) is 23.2 Å². The van der Waals surface area contributed by atoms with E-state index in [9.17, 15) is 4.79 Å². The number of rotatable bonds is 4. The second-order valence-corrected chi connectivity index (χ2v) is 9.34. The van der Waals surface area contributed by atoms with Crippen LogP contribution in [0.5, 0.6) is 0 Å². The van der Waals surface area contributed by atoms with Gasteiger partial charge in [-0.05, 0) is 48.0 Å². The molecule has 0 aliphatic carbocycles. The molecule has 1 aliphatic heterocycles. The number of aromatic nitrogens is 1. The van der Waals surface area contributed by atoms with Gasteiger partial charge in [-0.1, -0.05) is 83.9 Å².